The monoisotopic (exact) mass is 201 g/mol. The Hall–Kier alpha value is -1.69. The molecule has 0 aliphatic carbocycles. The van der Waals surface area contributed by atoms with E-state index in [-0.39, 0.29) is 12.5 Å². The summed E-state index contributed by atoms with van der Waals surface area (Å²) in [6, 6.07) is 3.28. The van der Waals surface area contributed by atoms with E-state index in [9.17, 15) is 14.5 Å². The van der Waals surface area contributed by atoms with Crippen LogP contribution in [0.25, 0.3) is 0 Å². The molecule has 0 saturated heterocycles. The van der Waals surface area contributed by atoms with Crippen molar-refractivity contribution in [1.82, 2.24) is 0 Å². The Balaban J connectivity index is 2.89. The second-order valence-electron chi connectivity index (χ2n) is 2.42. The minimum atomic E-state index is -0.889. The van der Waals surface area contributed by atoms with E-state index in [2.05, 4.69) is 4.74 Å². The van der Waals surface area contributed by atoms with Crippen LogP contribution in [0.15, 0.2) is 18.2 Å². The van der Waals surface area contributed by atoms with Gasteiger partial charge >= 0.3 is 5.69 Å². The third kappa shape index (κ3) is 2.40. The lowest BCUT2D eigenvalue weighted by atomic mass is 10.3. The molecule has 0 N–H and O–H groups in total. The molecule has 1 rings (SSSR count). The Kier molecular flexibility index (Phi) is 3.35. The summed E-state index contributed by atoms with van der Waals surface area (Å²) >= 11 is 0. The highest BCUT2D eigenvalue weighted by atomic mass is 19.1. The van der Waals surface area contributed by atoms with Crippen LogP contribution in [0.1, 0.15) is 0 Å². The standard InChI is InChI=1S/C8H8FNO4/c1-13-5-14-6-2-3-7(9)8(4-6)10(11)12/h2-4H,5H2,1H3. The molecule has 0 fully saturated rings. The molecular weight excluding hydrogens is 193 g/mol. The molecule has 0 amide bonds. The van der Waals surface area contributed by atoms with Crippen LogP contribution >= 0.6 is 0 Å². The number of benzene rings is 1. The molecule has 0 atom stereocenters. The molecule has 0 aliphatic rings. The van der Waals surface area contributed by atoms with Crippen molar-refractivity contribution in [3.05, 3.63) is 34.1 Å². The first-order chi connectivity index (χ1) is 6.65. The third-order valence-electron chi connectivity index (χ3n) is 1.46. The zero-order chi connectivity index (χ0) is 10.6. The van der Waals surface area contributed by atoms with Crippen molar-refractivity contribution in [2.24, 2.45) is 0 Å². The van der Waals surface area contributed by atoms with Crippen LogP contribution < -0.4 is 4.74 Å². The van der Waals surface area contributed by atoms with Crippen LogP contribution in [0.3, 0.4) is 0 Å². The molecule has 1 aromatic carbocycles. The molecule has 0 aromatic heterocycles. The Labute approximate surface area is 79.2 Å². The molecule has 1 aromatic rings. The molecule has 6 heteroatoms. The van der Waals surface area contributed by atoms with E-state index in [0.717, 1.165) is 12.1 Å². The Bertz CT molecular complexity index is 342. The van der Waals surface area contributed by atoms with Gasteiger partial charge in [0.15, 0.2) is 6.79 Å². The normalized spacial score (nSPS) is 9.86. The second kappa shape index (κ2) is 4.52. The molecule has 0 heterocycles. The minimum absolute atomic E-state index is 0.0389. The van der Waals surface area contributed by atoms with Crippen molar-refractivity contribution in [2.45, 2.75) is 0 Å². The van der Waals surface area contributed by atoms with E-state index < -0.39 is 16.4 Å². The summed E-state index contributed by atoms with van der Waals surface area (Å²) < 4.78 is 22.3. The van der Waals surface area contributed by atoms with Crippen molar-refractivity contribution in [3.63, 3.8) is 0 Å². The van der Waals surface area contributed by atoms with E-state index >= 15 is 0 Å². The second-order valence-corrected chi connectivity index (χ2v) is 2.42. The van der Waals surface area contributed by atoms with Gasteiger partial charge in [0.1, 0.15) is 5.75 Å². The third-order valence-corrected chi connectivity index (χ3v) is 1.46. The number of nitrogens with zero attached hydrogens (tertiary/aromatic N) is 1. The van der Waals surface area contributed by atoms with Gasteiger partial charge in [0.05, 0.1) is 11.0 Å². The number of ether oxygens (including phenoxy) is 2. The van der Waals surface area contributed by atoms with Crippen molar-refractivity contribution in [2.75, 3.05) is 13.9 Å². The predicted octanol–water partition coefficient (Wildman–Crippen LogP) is 1.72. The SMILES string of the molecule is COCOc1ccc(F)c([N+](=O)[O-])c1. The summed E-state index contributed by atoms with van der Waals surface area (Å²) in [6.45, 7) is -0.0389. The zero-order valence-electron chi connectivity index (χ0n) is 7.40. The minimum Gasteiger partial charge on any atom is -0.467 e. The summed E-state index contributed by atoms with van der Waals surface area (Å²) in [4.78, 5) is 9.52. The molecule has 0 saturated carbocycles. The number of nitro groups is 1. The number of hydrogen-bond donors (Lipinski definition) is 0. The first-order valence-electron chi connectivity index (χ1n) is 3.71. The molecule has 0 unspecified atom stereocenters. The van der Waals surface area contributed by atoms with Crippen LogP contribution in [-0.4, -0.2) is 18.8 Å². The number of halogens is 1. The van der Waals surface area contributed by atoms with Crippen LogP contribution in [0, 0.1) is 15.9 Å². The Morgan fingerprint density at radius 2 is 2.29 bits per heavy atom. The number of rotatable bonds is 4. The molecule has 0 spiro atoms. The molecule has 0 aliphatic heterocycles. The van der Waals surface area contributed by atoms with E-state index in [1.807, 2.05) is 0 Å². The van der Waals surface area contributed by atoms with Crippen molar-refractivity contribution in [3.8, 4) is 5.75 Å². The lowest BCUT2D eigenvalue weighted by molar-refractivity contribution is -0.387. The van der Waals surface area contributed by atoms with Crippen LogP contribution in [0.2, 0.25) is 0 Å². The van der Waals surface area contributed by atoms with Crippen molar-refractivity contribution >= 4 is 5.69 Å². The Morgan fingerprint density at radius 3 is 2.86 bits per heavy atom. The Morgan fingerprint density at radius 1 is 1.57 bits per heavy atom. The fourth-order valence-electron chi connectivity index (χ4n) is 0.849. The highest BCUT2D eigenvalue weighted by Gasteiger charge is 2.14. The highest BCUT2D eigenvalue weighted by molar-refractivity contribution is 5.39. The van der Waals surface area contributed by atoms with Gasteiger partial charge in [0.25, 0.3) is 0 Å². The highest BCUT2D eigenvalue weighted by Crippen LogP contribution is 2.22. The van der Waals surface area contributed by atoms with Crippen LogP contribution in [-0.2, 0) is 4.74 Å². The predicted molar refractivity (Wildman–Crippen MR) is 45.6 cm³/mol. The van der Waals surface area contributed by atoms with Crippen LogP contribution in [0.4, 0.5) is 10.1 Å². The molecular formula is C8H8FNO4. The van der Waals surface area contributed by atoms with E-state index in [4.69, 9.17) is 4.74 Å². The van der Waals surface area contributed by atoms with Gasteiger partial charge < -0.3 is 9.47 Å². The molecule has 0 bridgehead atoms. The average Bonchev–Trinajstić information content (AvgIpc) is 2.16. The maximum Gasteiger partial charge on any atom is 0.308 e. The quantitative estimate of drug-likeness (QED) is 0.422. The summed E-state index contributed by atoms with van der Waals surface area (Å²) in [5, 5.41) is 10.3. The molecule has 0 radical (unpaired) electrons. The molecule has 76 valence electrons. The lowest BCUT2D eigenvalue weighted by Crippen LogP contribution is -2.00. The van der Waals surface area contributed by atoms with Gasteiger partial charge in [-0.2, -0.15) is 4.39 Å². The first kappa shape index (κ1) is 10.4. The van der Waals surface area contributed by atoms with E-state index in [1.54, 1.807) is 0 Å². The fraction of sp³-hybridized carbons (Fsp3) is 0.250. The van der Waals surface area contributed by atoms with Gasteiger partial charge in [-0.25, -0.2) is 0 Å². The topological polar surface area (TPSA) is 61.6 Å². The van der Waals surface area contributed by atoms with Gasteiger partial charge in [0, 0.05) is 7.11 Å². The number of nitro benzene ring substituents is 1. The molecule has 5 nitrogen and oxygen atoms in total. The maximum absolute atomic E-state index is 12.8. The summed E-state index contributed by atoms with van der Waals surface area (Å²) in [5.41, 5.74) is -0.612. The lowest BCUT2D eigenvalue weighted by Gasteiger charge is -2.03. The van der Waals surface area contributed by atoms with Gasteiger partial charge in [-0.15, -0.1) is 0 Å². The van der Waals surface area contributed by atoms with Gasteiger partial charge in [-0.1, -0.05) is 0 Å². The number of hydrogen-bond acceptors (Lipinski definition) is 4. The van der Waals surface area contributed by atoms with Crippen LogP contribution in [0.5, 0.6) is 5.75 Å². The van der Waals surface area contributed by atoms with E-state index in [1.165, 1.54) is 13.2 Å². The molecule has 14 heavy (non-hydrogen) atoms. The smallest absolute Gasteiger partial charge is 0.308 e. The van der Waals surface area contributed by atoms with Crippen molar-refractivity contribution in [1.29, 1.82) is 0 Å². The maximum atomic E-state index is 12.8. The fourth-order valence-corrected chi connectivity index (χ4v) is 0.849. The summed E-state index contributed by atoms with van der Waals surface area (Å²) in [6.07, 6.45) is 0. The van der Waals surface area contributed by atoms with Crippen molar-refractivity contribution < 1.29 is 18.8 Å². The van der Waals surface area contributed by atoms with Gasteiger partial charge in [-0.3, -0.25) is 10.1 Å². The number of methoxy groups -OCH3 is 1. The summed E-state index contributed by atoms with van der Waals surface area (Å²) in [7, 11) is 1.41. The zero-order valence-corrected chi connectivity index (χ0v) is 7.40. The van der Waals surface area contributed by atoms with Gasteiger partial charge in [-0.05, 0) is 12.1 Å². The van der Waals surface area contributed by atoms with E-state index in [0.29, 0.717) is 0 Å². The van der Waals surface area contributed by atoms with Gasteiger partial charge in [0.2, 0.25) is 5.82 Å². The largest absolute Gasteiger partial charge is 0.467 e. The summed E-state index contributed by atoms with van der Waals surface area (Å²) in [5.74, 6) is -0.695. The average molecular weight is 201 g/mol. The first-order valence-corrected chi connectivity index (χ1v) is 3.71.